The number of carbonyl (C=O) groups is 2. The van der Waals surface area contributed by atoms with E-state index in [-0.39, 0.29) is 11.7 Å². The Bertz CT molecular complexity index is 748. The molecule has 2 aromatic rings. The molecule has 0 bridgehead atoms. The van der Waals surface area contributed by atoms with E-state index in [1.54, 1.807) is 44.4 Å². The summed E-state index contributed by atoms with van der Waals surface area (Å²) >= 11 is 1.31. The van der Waals surface area contributed by atoms with Crippen LogP contribution in [0.25, 0.3) is 0 Å². The first kappa shape index (κ1) is 19.7. The number of thioether (sulfide) groups is 1. The average Bonchev–Trinajstić information content (AvgIpc) is 2.62. The number of amides is 1. The Kier molecular flexibility index (Phi) is 7.35. The van der Waals surface area contributed by atoms with Crippen molar-refractivity contribution in [3.8, 4) is 11.5 Å². The number of hydrogen-bond acceptors (Lipinski definition) is 5. The van der Waals surface area contributed by atoms with Crippen LogP contribution in [0.3, 0.4) is 0 Å². The molecule has 0 radical (unpaired) electrons. The zero-order valence-electron chi connectivity index (χ0n) is 14.6. The number of rotatable bonds is 9. The third-order valence-electron chi connectivity index (χ3n) is 3.43. The first-order valence-electron chi connectivity index (χ1n) is 7.98. The molecule has 0 fully saturated rings. The molecule has 2 N–H and O–H groups in total. The standard InChI is InChI=1S/C19H21NO5S/c1-13(25-17-8-6-16(24-2)7-9-17)19(23)20-15-5-3-4-14(10-15)11-26-12-18(21)22/h3-10,13H,11-12H2,1-2H3,(H,20,23)(H,21,22). The number of benzene rings is 2. The highest BCUT2D eigenvalue weighted by Gasteiger charge is 2.15. The maximum absolute atomic E-state index is 12.3. The Hall–Kier alpha value is -2.67. The van der Waals surface area contributed by atoms with E-state index in [9.17, 15) is 9.59 Å². The molecule has 0 saturated heterocycles. The minimum Gasteiger partial charge on any atom is -0.497 e. The van der Waals surface area contributed by atoms with E-state index in [1.807, 2.05) is 18.2 Å². The lowest BCUT2D eigenvalue weighted by Crippen LogP contribution is -2.30. The van der Waals surface area contributed by atoms with Crippen LogP contribution in [-0.2, 0) is 15.3 Å². The first-order chi connectivity index (χ1) is 12.5. The van der Waals surface area contributed by atoms with Crippen LogP contribution in [0.5, 0.6) is 11.5 Å². The molecule has 0 aromatic heterocycles. The molecule has 26 heavy (non-hydrogen) atoms. The predicted octanol–water partition coefficient (Wildman–Crippen LogP) is 3.42. The van der Waals surface area contributed by atoms with Crippen LogP contribution in [0.1, 0.15) is 12.5 Å². The Labute approximate surface area is 156 Å². The second-order valence-corrected chi connectivity index (χ2v) is 6.50. The normalized spacial score (nSPS) is 11.5. The molecule has 138 valence electrons. The topological polar surface area (TPSA) is 84.9 Å². The lowest BCUT2D eigenvalue weighted by Gasteiger charge is -2.15. The zero-order valence-corrected chi connectivity index (χ0v) is 15.4. The molecule has 0 spiro atoms. The quantitative estimate of drug-likeness (QED) is 0.699. The Morgan fingerprint density at radius 2 is 1.85 bits per heavy atom. The number of ether oxygens (including phenoxy) is 2. The van der Waals surface area contributed by atoms with Gasteiger partial charge in [-0.2, -0.15) is 0 Å². The fourth-order valence-corrected chi connectivity index (χ4v) is 2.84. The summed E-state index contributed by atoms with van der Waals surface area (Å²) in [4.78, 5) is 22.9. The van der Waals surface area contributed by atoms with Gasteiger partial charge in [0.25, 0.3) is 5.91 Å². The number of carbonyl (C=O) groups excluding carboxylic acids is 1. The molecule has 0 aliphatic carbocycles. The van der Waals surface area contributed by atoms with E-state index in [2.05, 4.69) is 5.32 Å². The molecule has 0 aliphatic rings. The number of carboxylic acids is 1. The van der Waals surface area contributed by atoms with E-state index in [0.29, 0.717) is 22.9 Å². The van der Waals surface area contributed by atoms with Crippen LogP contribution in [0, 0.1) is 0 Å². The molecule has 2 rings (SSSR count). The fourth-order valence-electron chi connectivity index (χ4n) is 2.15. The highest BCUT2D eigenvalue weighted by atomic mass is 32.2. The van der Waals surface area contributed by atoms with Gasteiger partial charge < -0.3 is 19.9 Å². The molecule has 6 nitrogen and oxygen atoms in total. The summed E-state index contributed by atoms with van der Waals surface area (Å²) in [7, 11) is 1.58. The van der Waals surface area contributed by atoms with E-state index in [4.69, 9.17) is 14.6 Å². The van der Waals surface area contributed by atoms with Crippen molar-refractivity contribution in [2.24, 2.45) is 0 Å². The van der Waals surface area contributed by atoms with Crippen LogP contribution >= 0.6 is 11.8 Å². The maximum atomic E-state index is 12.3. The molecule has 0 heterocycles. The predicted molar refractivity (Wildman–Crippen MR) is 102 cm³/mol. The fraction of sp³-hybridized carbons (Fsp3) is 0.263. The van der Waals surface area contributed by atoms with E-state index in [0.717, 1.165) is 5.56 Å². The lowest BCUT2D eigenvalue weighted by atomic mass is 10.2. The van der Waals surface area contributed by atoms with Gasteiger partial charge in [-0.25, -0.2) is 0 Å². The molecular formula is C19H21NO5S. The Morgan fingerprint density at radius 3 is 2.50 bits per heavy atom. The minimum absolute atomic E-state index is 0.0450. The third-order valence-corrected chi connectivity index (χ3v) is 4.42. The maximum Gasteiger partial charge on any atom is 0.313 e. The summed E-state index contributed by atoms with van der Waals surface area (Å²) in [6.07, 6.45) is -0.673. The van der Waals surface area contributed by atoms with Gasteiger partial charge in [-0.3, -0.25) is 9.59 Å². The van der Waals surface area contributed by atoms with Crippen LogP contribution < -0.4 is 14.8 Å². The van der Waals surface area contributed by atoms with Gasteiger partial charge in [0.15, 0.2) is 6.10 Å². The monoisotopic (exact) mass is 375 g/mol. The molecule has 1 amide bonds. The molecular weight excluding hydrogens is 354 g/mol. The van der Waals surface area contributed by atoms with Gasteiger partial charge in [-0.15, -0.1) is 11.8 Å². The van der Waals surface area contributed by atoms with Gasteiger partial charge in [-0.1, -0.05) is 12.1 Å². The average molecular weight is 375 g/mol. The molecule has 1 atom stereocenters. The highest BCUT2D eigenvalue weighted by molar-refractivity contribution is 7.99. The van der Waals surface area contributed by atoms with Crippen molar-refractivity contribution in [1.82, 2.24) is 0 Å². The summed E-state index contributed by atoms with van der Waals surface area (Å²) in [6.45, 7) is 1.67. The van der Waals surface area contributed by atoms with Crippen LogP contribution in [0.2, 0.25) is 0 Å². The molecule has 7 heteroatoms. The van der Waals surface area contributed by atoms with Crippen molar-refractivity contribution in [2.75, 3.05) is 18.2 Å². The summed E-state index contributed by atoms with van der Waals surface area (Å²) in [6, 6.07) is 14.3. The van der Waals surface area contributed by atoms with Gasteiger partial charge in [0.05, 0.1) is 12.9 Å². The van der Waals surface area contributed by atoms with Gasteiger partial charge in [0.1, 0.15) is 11.5 Å². The molecule has 0 aliphatic heterocycles. The van der Waals surface area contributed by atoms with Gasteiger partial charge in [0, 0.05) is 11.4 Å². The minimum atomic E-state index is -0.844. The molecule has 2 aromatic carbocycles. The summed E-state index contributed by atoms with van der Waals surface area (Å²) < 4.78 is 10.7. The number of aliphatic carboxylic acids is 1. The summed E-state index contributed by atoms with van der Waals surface area (Å²) in [5, 5.41) is 11.5. The number of anilines is 1. The van der Waals surface area contributed by atoms with Gasteiger partial charge in [0.2, 0.25) is 0 Å². The van der Waals surface area contributed by atoms with E-state index < -0.39 is 12.1 Å². The number of carboxylic acid groups (broad SMARTS) is 1. The van der Waals surface area contributed by atoms with Crippen LogP contribution in [0.15, 0.2) is 48.5 Å². The highest BCUT2D eigenvalue weighted by Crippen LogP contribution is 2.20. The zero-order chi connectivity index (χ0) is 18.9. The van der Waals surface area contributed by atoms with Crippen LogP contribution in [0.4, 0.5) is 5.69 Å². The van der Waals surface area contributed by atoms with Crippen molar-refractivity contribution in [3.05, 3.63) is 54.1 Å². The van der Waals surface area contributed by atoms with Crippen molar-refractivity contribution in [3.63, 3.8) is 0 Å². The summed E-state index contributed by atoms with van der Waals surface area (Å²) in [5.74, 6) is 0.788. The van der Waals surface area contributed by atoms with Crippen molar-refractivity contribution < 1.29 is 24.2 Å². The van der Waals surface area contributed by atoms with Crippen molar-refractivity contribution in [1.29, 1.82) is 0 Å². The number of methoxy groups -OCH3 is 1. The third kappa shape index (κ3) is 6.33. The van der Waals surface area contributed by atoms with E-state index in [1.165, 1.54) is 11.8 Å². The second kappa shape index (κ2) is 9.72. The van der Waals surface area contributed by atoms with Crippen molar-refractivity contribution in [2.45, 2.75) is 18.8 Å². The second-order valence-electron chi connectivity index (χ2n) is 5.51. The van der Waals surface area contributed by atoms with Gasteiger partial charge >= 0.3 is 5.97 Å². The molecule has 0 saturated carbocycles. The molecule has 1 unspecified atom stereocenters. The largest absolute Gasteiger partial charge is 0.497 e. The lowest BCUT2D eigenvalue weighted by molar-refractivity contribution is -0.133. The Morgan fingerprint density at radius 1 is 1.15 bits per heavy atom. The van der Waals surface area contributed by atoms with E-state index >= 15 is 0 Å². The number of nitrogens with one attached hydrogen (secondary N) is 1. The number of hydrogen-bond donors (Lipinski definition) is 2. The SMILES string of the molecule is COc1ccc(OC(C)C(=O)Nc2cccc(CSCC(=O)O)c2)cc1. The summed E-state index contributed by atoms with van der Waals surface area (Å²) in [5.41, 5.74) is 1.59. The van der Waals surface area contributed by atoms with Crippen LogP contribution in [-0.4, -0.2) is 35.9 Å². The van der Waals surface area contributed by atoms with Crippen molar-refractivity contribution >= 4 is 29.3 Å². The van der Waals surface area contributed by atoms with Gasteiger partial charge in [-0.05, 0) is 48.9 Å². The smallest absolute Gasteiger partial charge is 0.313 e. The Balaban J connectivity index is 1.90. The first-order valence-corrected chi connectivity index (χ1v) is 9.13.